The number of benzene rings is 1. The number of ketones is 1. The third-order valence-corrected chi connectivity index (χ3v) is 3.18. The molecule has 0 N–H and O–H groups in total. The first-order chi connectivity index (χ1) is 9.61. The lowest BCUT2D eigenvalue weighted by atomic mass is 10.1. The van der Waals surface area contributed by atoms with Crippen molar-refractivity contribution in [3.05, 3.63) is 59.7 Å². The summed E-state index contributed by atoms with van der Waals surface area (Å²) in [7, 11) is 0. The van der Waals surface area contributed by atoms with E-state index in [0.717, 1.165) is 17.8 Å². The standard InChI is InChI=1S/C16H17FN2O/c1-3-19(11-13-6-8-18-9-7-13)16-5-4-14(17)10-15(16)12(2)20/h4-10H,3,11H2,1-2H3. The molecule has 0 aliphatic carbocycles. The van der Waals surface area contributed by atoms with Crippen LogP contribution < -0.4 is 4.90 Å². The first-order valence-corrected chi connectivity index (χ1v) is 6.56. The van der Waals surface area contributed by atoms with E-state index in [2.05, 4.69) is 4.98 Å². The highest BCUT2D eigenvalue weighted by atomic mass is 19.1. The van der Waals surface area contributed by atoms with Crippen LogP contribution in [0.15, 0.2) is 42.7 Å². The van der Waals surface area contributed by atoms with Crippen LogP contribution in [0.4, 0.5) is 10.1 Å². The molecule has 0 amide bonds. The van der Waals surface area contributed by atoms with Gasteiger partial charge in [-0.1, -0.05) is 0 Å². The van der Waals surface area contributed by atoms with E-state index in [0.29, 0.717) is 12.1 Å². The minimum absolute atomic E-state index is 0.132. The molecule has 20 heavy (non-hydrogen) atoms. The van der Waals surface area contributed by atoms with E-state index >= 15 is 0 Å². The summed E-state index contributed by atoms with van der Waals surface area (Å²) >= 11 is 0. The molecule has 1 heterocycles. The summed E-state index contributed by atoms with van der Waals surface area (Å²) in [5.41, 5.74) is 2.28. The molecule has 4 heteroatoms. The normalized spacial score (nSPS) is 10.3. The van der Waals surface area contributed by atoms with Gasteiger partial charge in [0.1, 0.15) is 5.82 Å². The summed E-state index contributed by atoms with van der Waals surface area (Å²) in [6.07, 6.45) is 3.47. The quantitative estimate of drug-likeness (QED) is 0.782. The highest BCUT2D eigenvalue weighted by molar-refractivity contribution is 5.99. The summed E-state index contributed by atoms with van der Waals surface area (Å²) in [6, 6.07) is 8.21. The van der Waals surface area contributed by atoms with Gasteiger partial charge in [-0.2, -0.15) is 0 Å². The predicted octanol–water partition coefficient (Wildman–Crippen LogP) is 3.45. The maximum absolute atomic E-state index is 13.3. The molecule has 0 saturated carbocycles. The molecule has 2 rings (SSSR count). The molecule has 3 nitrogen and oxygen atoms in total. The number of carbonyl (C=O) groups is 1. The highest BCUT2D eigenvalue weighted by Gasteiger charge is 2.14. The molecule has 0 bridgehead atoms. The third-order valence-electron chi connectivity index (χ3n) is 3.18. The molecule has 0 unspecified atom stereocenters. The Labute approximate surface area is 118 Å². The zero-order valence-corrected chi connectivity index (χ0v) is 11.6. The molecule has 1 aromatic heterocycles. The van der Waals surface area contributed by atoms with Gasteiger partial charge in [-0.3, -0.25) is 9.78 Å². The smallest absolute Gasteiger partial charge is 0.161 e. The van der Waals surface area contributed by atoms with Crippen LogP contribution in [-0.2, 0) is 6.54 Å². The lowest BCUT2D eigenvalue weighted by molar-refractivity contribution is 0.101. The van der Waals surface area contributed by atoms with Crippen molar-refractivity contribution in [1.82, 2.24) is 4.98 Å². The van der Waals surface area contributed by atoms with Crippen molar-refractivity contribution >= 4 is 11.5 Å². The molecule has 0 aliphatic heterocycles. The topological polar surface area (TPSA) is 33.2 Å². The second-order valence-corrected chi connectivity index (χ2v) is 4.59. The lowest BCUT2D eigenvalue weighted by Gasteiger charge is -2.25. The summed E-state index contributed by atoms with van der Waals surface area (Å²) in [5.74, 6) is -0.522. The van der Waals surface area contributed by atoms with Crippen LogP contribution in [0.25, 0.3) is 0 Å². The third kappa shape index (κ3) is 3.20. The summed E-state index contributed by atoms with van der Waals surface area (Å²) < 4.78 is 13.3. The number of aromatic nitrogens is 1. The van der Waals surface area contributed by atoms with Crippen molar-refractivity contribution in [3.63, 3.8) is 0 Å². The largest absolute Gasteiger partial charge is 0.367 e. The second kappa shape index (κ2) is 6.28. The van der Waals surface area contributed by atoms with Gasteiger partial charge in [0.05, 0.1) is 0 Å². The Morgan fingerprint density at radius 1 is 1.25 bits per heavy atom. The Hall–Kier alpha value is -2.23. The number of hydrogen-bond acceptors (Lipinski definition) is 3. The summed E-state index contributed by atoms with van der Waals surface area (Å²) in [4.78, 5) is 17.7. The van der Waals surface area contributed by atoms with E-state index in [9.17, 15) is 9.18 Å². The average Bonchev–Trinajstić information content (AvgIpc) is 2.46. The first kappa shape index (κ1) is 14.2. The number of rotatable bonds is 5. The van der Waals surface area contributed by atoms with Gasteiger partial charge in [0, 0.05) is 36.7 Å². The fraction of sp³-hybridized carbons (Fsp3) is 0.250. The van der Waals surface area contributed by atoms with E-state index in [-0.39, 0.29) is 11.6 Å². The summed E-state index contributed by atoms with van der Waals surface area (Å²) in [5, 5.41) is 0. The molecule has 0 aliphatic rings. The monoisotopic (exact) mass is 272 g/mol. The number of nitrogens with zero attached hydrogens (tertiary/aromatic N) is 2. The second-order valence-electron chi connectivity index (χ2n) is 4.59. The van der Waals surface area contributed by atoms with Gasteiger partial charge in [0.2, 0.25) is 0 Å². The van der Waals surface area contributed by atoms with E-state index in [4.69, 9.17) is 0 Å². The van der Waals surface area contributed by atoms with Gasteiger partial charge in [-0.05, 0) is 49.7 Å². The van der Waals surface area contributed by atoms with Gasteiger partial charge >= 0.3 is 0 Å². The zero-order chi connectivity index (χ0) is 14.5. The number of halogens is 1. The summed E-state index contributed by atoms with van der Waals surface area (Å²) in [6.45, 7) is 4.85. The Morgan fingerprint density at radius 2 is 1.95 bits per heavy atom. The van der Waals surface area contributed by atoms with Crippen LogP contribution in [0.2, 0.25) is 0 Å². The van der Waals surface area contributed by atoms with Crippen molar-refractivity contribution in [1.29, 1.82) is 0 Å². The maximum Gasteiger partial charge on any atom is 0.161 e. The molecule has 0 fully saturated rings. The van der Waals surface area contributed by atoms with Crippen molar-refractivity contribution in [2.45, 2.75) is 20.4 Å². The molecule has 0 radical (unpaired) electrons. The van der Waals surface area contributed by atoms with Crippen LogP contribution in [0.1, 0.15) is 29.8 Å². The molecular formula is C16H17FN2O. The van der Waals surface area contributed by atoms with Crippen molar-refractivity contribution in [2.75, 3.05) is 11.4 Å². The molecule has 1 aromatic carbocycles. The number of anilines is 1. The first-order valence-electron chi connectivity index (χ1n) is 6.56. The van der Waals surface area contributed by atoms with Gasteiger partial charge < -0.3 is 4.90 Å². The fourth-order valence-corrected chi connectivity index (χ4v) is 2.14. The van der Waals surface area contributed by atoms with E-state index < -0.39 is 0 Å². The van der Waals surface area contributed by atoms with Gasteiger partial charge in [-0.15, -0.1) is 0 Å². The van der Waals surface area contributed by atoms with Crippen molar-refractivity contribution in [2.24, 2.45) is 0 Å². The zero-order valence-electron chi connectivity index (χ0n) is 11.6. The Morgan fingerprint density at radius 3 is 2.55 bits per heavy atom. The fourth-order valence-electron chi connectivity index (χ4n) is 2.14. The minimum atomic E-state index is -0.390. The van der Waals surface area contributed by atoms with Crippen LogP contribution in [0.5, 0.6) is 0 Å². The number of pyridine rings is 1. The SMILES string of the molecule is CCN(Cc1ccncc1)c1ccc(F)cc1C(C)=O. The maximum atomic E-state index is 13.3. The number of carbonyl (C=O) groups excluding carboxylic acids is 1. The molecule has 0 saturated heterocycles. The molecular weight excluding hydrogens is 255 g/mol. The van der Waals surface area contributed by atoms with Gasteiger partial charge in [0.25, 0.3) is 0 Å². The molecule has 0 atom stereocenters. The van der Waals surface area contributed by atoms with Gasteiger partial charge in [-0.25, -0.2) is 4.39 Å². The Kier molecular flexibility index (Phi) is 4.45. The predicted molar refractivity (Wildman–Crippen MR) is 77.4 cm³/mol. The van der Waals surface area contributed by atoms with E-state index in [1.165, 1.54) is 19.1 Å². The molecule has 0 spiro atoms. The highest BCUT2D eigenvalue weighted by Crippen LogP contribution is 2.24. The van der Waals surface area contributed by atoms with Crippen molar-refractivity contribution in [3.8, 4) is 0 Å². The molecule has 2 aromatic rings. The van der Waals surface area contributed by atoms with Crippen LogP contribution in [0, 0.1) is 5.82 Å². The van der Waals surface area contributed by atoms with Gasteiger partial charge in [0.15, 0.2) is 5.78 Å². The van der Waals surface area contributed by atoms with Crippen LogP contribution >= 0.6 is 0 Å². The Balaban J connectivity index is 2.34. The van der Waals surface area contributed by atoms with Crippen molar-refractivity contribution < 1.29 is 9.18 Å². The minimum Gasteiger partial charge on any atom is -0.367 e. The Bertz CT molecular complexity index is 599. The van der Waals surface area contributed by atoms with E-state index in [1.807, 2.05) is 24.0 Å². The number of Topliss-reactive ketones (excluding diaryl/α,β-unsaturated/α-hetero) is 1. The van der Waals surface area contributed by atoms with Crippen LogP contribution in [0.3, 0.4) is 0 Å². The van der Waals surface area contributed by atoms with Crippen LogP contribution in [-0.4, -0.2) is 17.3 Å². The van der Waals surface area contributed by atoms with E-state index in [1.54, 1.807) is 18.5 Å². The average molecular weight is 272 g/mol. The lowest BCUT2D eigenvalue weighted by Crippen LogP contribution is -2.24. The number of hydrogen-bond donors (Lipinski definition) is 0. The molecule has 104 valence electrons.